The maximum absolute atomic E-state index is 12.7. The fraction of sp³-hybridized carbons (Fsp3) is 0.625. The summed E-state index contributed by atoms with van der Waals surface area (Å²) in [6, 6.07) is 5.49. The number of aryl methyl sites for hydroxylation is 2. The molecule has 1 aromatic rings. The van der Waals surface area contributed by atoms with Crippen LogP contribution in [0.2, 0.25) is 0 Å². The van der Waals surface area contributed by atoms with Crippen LogP contribution in [0, 0.1) is 13.8 Å². The molecule has 178 valence electrons. The van der Waals surface area contributed by atoms with Gasteiger partial charge in [0.1, 0.15) is 0 Å². The van der Waals surface area contributed by atoms with Crippen LogP contribution in [0.25, 0.3) is 0 Å². The van der Waals surface area contributed by atoms with Gasteiger partial charge in [-0.1, -0.05) is 18.2 Å². The second-order valence-corrected chi connectivity index (χ2v) is 9.67. The Hall–Kier alpha value is -2.45. The first-order chi connectivity index (χ1) is 15.0. The highest BCUT2D eigenvalue weighted by Crippen LogP contribution is 2.19. The molecule has 0 aromatic heterocycles. The molecule has 0 spiro atoms. The summed E-state index contributed by atoms with van der Waals surface area (Å²) in [6.07, 6.45) is 0.882. The van der Waals surface area contributed by atoms with E-state index in [2.05, 4.69) is 25.8 Å². The Morgan fingerprint density at radius 1 is 1.00 bits per heavy atom. The van der Waals surface area contributed by atoms with Crippen molar-refractivity contribution in [2.75, 3.05) is 44.6 Å². The molecule has 8 heteroatoms. The zero-order chi connectivity index (χ0) is 23.9. The van der Waals surface area contributed by atoms with Crippen molar-refractivity contribution in [3.05, 3.63) is 29.3 Å². The highest BCUT2D eigenvalue weighted by molar-refractivity contribution is 5.96. The minimum absolute atomic E-state index is 0.0200. The lowest BCUT2D eigenvalue weighted by molar-refractivity contribution is -0.128. The molecule has 1 saturated heterocycles. The van der Waals surface area contributed by atoms with Crippen LogP contribution >= 0.6 is 0 Å². The van der Waals surface area contributed by atoms with Gasteiger partial charge >= 0.3 is 0 Å². The van der Waals surface area contributed by atoms with E-state index >= 15 is 0 Å². The predicted octanol–water partition coefficient (Wildman–Crippen LogP) is 1.67. The fourth-order valence-corrected chi connectivity index (χ4v) is 3.87. The number of benzene rings is 1. The SMILES string of the molecule is Cc1cccc(C)c1NC(=O)CNC(=O)[C@H](C)N1CCCN(CC(=O)NC(C)(C)C)CC1. The molecule has 3 amide bonds. The van der Waals surface area contributed by atoms with Crippen molar-refractivity contribution in [1.29, 1.82) is 0 Å². The third kappa shape index (κ3) is 8.24. The lowest BCUT2D eigenvalue weighted by Crippen LogP contribution is -2.49. The fourth-order valence-electron chi connectivity index (χ4n) is 3.87. The molecule has 1 aromatic carbocycles. The molecule has 0 aliphatic carbocycles. The molecular weight excluding hydrogens is 406 g/mol. The summed E-state index contributed by atoms with van der Waals surface area (Å²) in [4.78, 5) is 41.4. The van der Waals surface area contributed by atoms with Crippen LogP contribution < -0.4 is 16.0 Å². The van der Waals surface area contributed by atoms with Gasteiger partial charge in [-0.3, -0.25) is 24.2 Å². The Bertz CT molecular complexity index is 798. The third-order valence-corrected chi connectivity index (χ3v) is 5.60. The normalized spacial score (nSPS) is 16.7. The summed E-state index contributed by atoms with van der Waals surface area (Å²) in [7, 11) is 0. The lowest BCUT2D eigenvalue weighted by Gasteiger charge is -2.27. The molecule has 1 heterocycles. The lowest BCUT2D eigenvalue weighted by atomic mass is 10.1. The summed E-state index contributed by atoms with van der Waals surface area (Å²) in [5.41, 5.74) is 2.53. The Morgan fingerprint density at radius 3 is 2.28 bits per heavy atom. The van der Waals surface area contributed by atoms with E-state index in [-0.39, 0.29) is 35.8 Å². The second kappa shape index (κ2) is 11.4. The molecule has 32 heavy (non-hydrogen) atoms. The first-order valence-electron chi connectivity index (χ1n) is 11.4. The number of nitrogens with zero attached hydrogens (tertiary/aromatic N) is 2. The molecule has 1 aliphatic rings. The number of anilines is 1. The standard InChI is InChI=1S/C24H39N5O3/c1-17-9-7-10-18(2)22(17)26-20(30)15-25-23(32)19(3)29-12-8-11-28(13-14-29)16-21(31)27-24(4,5)6/h7,9-10,19H,8,11-16H2,1-6H3,(H,25,32)(H,26,30)(H,27,31)/t19-/m0/s1. The van der Waals surface area contributed by atoms with Crippen LogP contribution in [-0.4, -0.2) is 78.4 Å². The van der Waals surface area contributed by atoms with Crippen LogP contribution in [0.5, 0.6) is 0 Å². The molecule has 1 atom stereocenters. The van der Waals surface area contributed by atoms with Gasteiger partial charge in [0.15, 0.2) is 0 Å². The van der Waals surface area contributed by atoms with Crippen molar-refractivity contribution in [1.82, 2.24) is 20.4 Å². The highest BCUT2D eigenvalue weighted by atomic mass is 16.2. The molecule has 8 nitrogen and oxygen atoms in total. The molecule has 3 N–H and O–H groups in total. The van der Waals surface area contributed by atoms with E-state index in [9.17, 15) is 14.4 Å². The second-order valence-electron chi connectivity index (χ2n) is 9.67. The number of amides is 3. The Balaban J connectivity index is 1.80. The maximum Gasteiger partial charge on any atom is 0.243 e. The smallest absolute Gasteiger partial charge is 0.243 e. The summed E-state index contributed by atoms with van der Waals surface area (Å²) < 4.78 is 0. The van der Waals surface area contributed by atoms with Crippen LogP contribution in [0.15, 0.2) is 18.2 Å². The molecule has 0 radical (unpaired) electrons. The molecule has 1 fully saturated rings. The van der Waals surface area contributed by atoms with E-state index in [1.807, 2.05) is 59.7 Å². The van der Waals surface area contributed by atoms with E-state index < -0.39 is 0 Å². The van der Waals surface area contributed by atoms with Crippen molar-refractivity contribution >= 4 is 23.4 Å². The molecular formula is C24H39N5O3. The minimum Gasteiger partial charge on any atom is -0.350 e. The third-order valence-electron chi connectivity index (χ3n) is 5.60. The largest absolute Gasteiger partial charge is 0.350 e. The average molecular weight is 446 g/mol. The van der Waals surface area contributed by atoms with Crippen molar-refractivity contribution < 1.29 is 14.4 Å². The summed E-state index contributed by atoms with van der Waals surface area (Å²) in [6.45, 7) is 15.0. The average Bonchev–Trinajstić information content (AvgIpc) is 2.92. The topological polar surface area (TPSA) is 93.8 Å². The number of hydrogen-bond donors (Lipinski definition) is 3. The Morgan fingerprint density at radius 2 is 1.66 bits per heavy atom. The summed E-state index contributed by atoms with van der Waals surface area (Å²) in [5.74, 6) is -0.387. The first-order valence-corrected chi connectivity index (χ1v) is 11.4. The van der Waals surface area contributed by atoms with Crippen molar-refractivity contribution in [2.45, 2.75) is 59.5 Å². The van der Waals surface area contributed by atoms with E-state index in [0.717, 1.165) is 42.9 Å². The predicted molar refractivity (Wildman–Crippen MR) is 128 cm³/mol. The van der Waals surface area contributed by atoms with Crippen LogP contribution in [-0.2, 0) is 14.4 Å². The Kier molecular flexibility index (Phi) is 9.21. The Labute approximate surface area is 192 Å². The van der Waals surface area contributed by atoms with Crippen LogP contribution in [0.1, 0.15) is 45.2 Å². The zero-order valence-electron chi connectivity index (χ0n) is 20.4. The van der Waals surface area contributed by atoms with Gasteiger partial charge in [0, 0.05) is 30.9 Å². The van der Waals surface area contributed by atoms with Gasteiger partial charge in [-0.05, 0) is 65.6 Å². The number of carbonyl (C=O) groups excluding carboxylic acids is 3. The minimum atomic E-state index is -0.341. The van der Waals surface area contributed by atoms with Gasteiger partial charge < -0.3 is 16.0 Å². The highest BCUT2D eigenvalue weighted by Gasteiger charge is 2.25. The zero-order valence-corrected chi connectivity index (χ0v) is 20.4. The summed E-state index contributed by atoms with van der Waals surface area (Å²) >= 11 is 0. The number of carbonyl (C=O) groups is 3. The number of rotatable bonds is 7. The van der Waals surface area contributed by atoms with E-state index in [0.29, 0.717) is 13.1 Å². The summed E-state index contributed by atoms with van der Waals surface area (Å²) in [5, 5.41) is 8.64. The first kappa shape index (κ1) is 25.8. The van der Waals surface area contributed by atoms with Gasteiger partial charge in [0.05, 0.1) is 19.1 Å². The van der Waals surface area contributed by atoms with Crippen molar-refractivity contribution in [2.24, 2.45) is 0 Å². The molecule has 0 bridgehead atoms. The molecule has 0 unspecified atom stereocenters. The number of nitrogens with one attached hydrogen (secondary N) is 3. The maximum atomic E-state index is 12.7. The molecule has 0 saturated carbocycles. The van der Waals surface area contributed by atoms with Gasteiger partial charge in [-0.15, -0.1) is 0 Å². The quantitative estimate of drug-likeness (QED) is 0.594. The van der Waals surface area contributed by atoms with Crippen molar-refractivity contribution in [3.8, 4) is 0 Å². The van der Waals surface area contributed by atoms with E-state index in [4.69, 9.17) is 0 Å². The van der Waals surface area contributed by atoms with Gasteiger partial charge in [-0.2, -0.15) is 0 Å². The van der Waals surface area contributed by atoms with Crippen molar-refractivity contribution in [3.63, 3.8) is 0 Å². The van der Waals surface area contributed by atoms with Crippen LogP contribution in [0.4, 0.5) is 5.69 Å². The van der Waals surface area contributed by atoms with Gasteiger partial charge in [0.2, 0.25) is 17.7 Å². The number of hydrogen-bond acceptors (Lipinski definition) is 5. The monoisotopic (exact) mass is 445 g/mol. The van der Waals surface area contributed by atoms with Gasteiger partial charge in [-0.25, -0.2) is 0 Å². The number of para-hydroxylation sites is 1. The van der Waals surface area contributed by atoms with E-state index in [1.54, 1.807) is 0 Å². The van der Waals surface area contributed by atoms with Gasteiger partial charge in [0.25, 0.3) is 0 Å². The molecule has 2 rings (SSSR count). The van der Waals surface area contributed by atoms with Crippen LogP contribution in [0.3, 0.4) is 0 Å². The van der Waals surface area contributed by atoms with E-state index in [1.165, 1.54) is 0 Å². The molecule has 1 aliphatic heterocycles.